The number of ether oxygens (including phenoxy) is 2. The molecule has 0 aliphatic carbocycles. The Morgan fingerprint density at radius 3 is 3.08 bits per heavy atom. The smallest absolute Gasteiger partial charge is 0.325 e. The van der Waals surface area contributed by atoms with Crippen LogP contribution in [0.25, 0.3) is 0 Å². The van der Waals surface area contributed by atoms with Crippen LogP contribution in [0.4, 0.5) is 5.95 Å². The van der Waals surface area contributed by atoms with Gasteiger partial charge in [-0.15, -0.1) is 5.10 Å². The largest absolute Gasteiger partial charge is 0.497 e. The molecule has 1 aromatic heterocycles. The number of rotatable bonds is 5. The van der Waals surface area contributed by atoms with Crippen molar-refractivity contribution in [2.45, 2.75) is 13.0 Å². The summed E-state index contributed by atoms with van der Waals surface area (Å²) in [7, 11) is 1.58. The highest BCUT2D eigenvalue weighted by Gasteiger charge is 2.27. The van der Waals surface area contributed by atoms with Crippen LogP contribution in [-0.4, -0.2) is 45.5 Å². The molecule has 9 heteroatoms. The van der Waals surface area contributed by atoms with Crippen LogP contribution in [0, 0.1) is 5.92 Å². The van der Waals surface area contributed by atoms with E-state index in [1.54, 1.807) is 13.2 Å². The Kier molecular flexibility index (Phi) is 4.32. The number of aromatic nitrogens is 3. The van der Waals surface area contributed by atoms with Crippen molar-refractivity contribution in [3.05, 3.63) is 30.1 Å². The van der Waals surface area contributed by atoms with Crippen molar-refractivity contribution < 1.29 is 24.2 Å². The van der Waals surface area contributed by atoms with E-state index in [-0.39, 0.29) is 25.0 Å². The van der Waals surface area contributed by atoms with Crippen LogP contribution in [0.15, 0.2) is 24.5 Å². The molecule has 0 radical (unpaired) electrons. The van der Waals surface area contributed by atoms with E-state index in [9.17, 15) is 9.59 Å². The summed E-state index contributed by atoms with van der Waals surface area (Å²) in [5, 5.41) is 15.2. The van der Waals surface area contributed by atoms with E-state index in [0.717, 1.165) is 16.0 Å². The molecular formula is C15H16N4O5. The zero-order valence-corrected chi connectivity index (χ0v) is 12.9. The van der Waals surface area contributed by atoms with Gasteiger partial charge in [-0.05, 0) is 30.2 Å². The highest BCUT2D eigenvalue weighted by Crippen LogP contribution is 2.30. The van der Waals surface area contributed by atoms with E-state index in [2.05, 4.69) is 15.4 Å². The topological polar surface area (TPSA) is 116 Å². The summed E-state index contributed by atoms with van der Waals surface area (Å²) in [6.07, 6.45) is 1.76. The normalized spacial score (nSPS) is 16.0. The number of carboxylic acids is 1. The number of aliphatic carboxylic acids is 1. The number of anilines is 1. The molecule has 9 nitrogen and oxygen atoms in total. The zero-order chi connectivity index (χ0) is 17.1. The number of methoxy groups -OCH3 is 1. The minimum absolute atomic E-state index is 0.0673. The average Bonchev–Trinajstić information content (AvgIpc) is 2.99. The molecule has 1 aromatic carbocycles. The molecule has 2 aromatic rings. The molecule has 0 bridgehead atoms. The van der Waals surface area contributed by atoms with Crippen molar-refractivity contribution in [3.8, 4) is 11.5 Å². The van der Waals surface area contributed by atoms with Gasteiger partial charge in [-0.2, -0.15) is 0 Å². The lowest BCUT2D eigenvalue weighted by Crippen LogP contribution is -2.33. The number of carbonyl (C=O) groups is 2. The third-order valence-corrected chi connectivity index (χ3v) is 3.61. The van der Waals surface area contributed by atoms with Crippen LogP contribution in [-0.2, 0) is 22.6 Å². The van der Waals surface area contributed by atoms with Crippen LogP contribution in [0.3, 0.4) is 0 Å². The number of carboxylic acid groups (broad SMARTS) is 1. The van der Waals surface area contributed by atoms with Gasteiger partial charge >= 0.3 is 5.97 Å². The summed E-state index contributed by atoms with van der Waals surface area (Å²) < 4.78 is 11.9. The fraction of sp³-hybridized carbons (Fsp3) is 0.333. The number of hydrogen-bond acceptors (Lipinski definition) is 6. The molecule has 0 spiro atoms. The second-order valence-corrected chi connectivity index (χ2v) is 5.33. The Bertz CT molecular complexity index is 773. The molecule has 2 N–H and O–H groups in total. The van der Waals surface area contributed by atoms with Gasteiger partial charge in [0, 0.05) is 0 Å². The van der Waals surface area contributed by atoms with Crippen LogP contribution >= 0.6 is 0 Å². The molecule has 0 fully saturated rings. The van der Waals surface area contributed by atoms with Crippen molar-refractivity contribution in [2.24, 2.45) is 5.92 Å². The average molecular weight is 332 g/mol. The van der Waals surface area contributed by atoms with Crippen molar-refractivity contribution >= 4 is 17.8 Å². The summed E-state index contributed by atoms with van der Waals surface area (Å²) in [5.74, 6) is -0.203. The maximum atomic E-state index is 12.3. The van der Waals surface area contributed by atoms with Crippen LogP contribution in [0.1, 0.15) is 5.56 Å². The van der Waals surface area contributed by atoms with Crippen molar-refractivity contribution in [1.29, 1.82) is 0 Å². The monoisotopic (exact) mass is 332 g/mol. The maximum Gasteiger partial charge on any atom is 0.325 e. The Balaban J connectivity index is 1.65. The molecule has 1 aliphatic rings. The first-order valence-corrected chi connectivity index (χ1v) is 7.27. The van der Waals surface area contributed by atoms with Crippen LogP contribution in [0.2, 0.25) is 0 Å². The van der Waals surface area contributed by atoms with E-state index in [1.165, 1.54) is 6.33 Å². The molecule has 1 atom stereocenters. The van der Waals surface area contributed by atoms with Gasteiger partial charge in [-0.25, -0.2) is 9.67 Å². The van der Waals surface area contributed by atoms with E-state index in [4.69, 9.17) is 14.6 Å². The molecule has 24 heavy (non-hydrogen) atoms. The lowest BCUT2D eigenvalue weighted by atomic mass is 9.96. The van der Waals surface area contributed by atoms with Crippen molar-refractivity contribution in [1.82, 2.24) is 14.8 Å². The second kappa shape index (κ2) is 6.57. The third kappa shape index (κ3) is 3.45. The molecule has 126 valence electrons. The minimum atomic E-state index is -1.04. The number of nitrogens with zero attached hydrogens (tertiary/aromatic N) is 3. The second-order valence-electron chi connectivity index (χ2n) is 5.33. The Morgan fingerprint density at radius 2 is 2.33 bits per heavy atom. The molecule has 1 unspecified atom stereocenters. The highest BCUT2D eigenvalue weighted by molar-refractivity contribution is 5.91. The van der Waals surface area contributed by atoms with Crippen LogP contribution in [0.5, 0.6) is 11.5 Å². The number of benzene rings is 1. The molecule has 0 saturated carbocycles. The number of amides is 1. The van der Waals surface area contributed by atoms with Gasteiger partial charge in [0.1, 0.15) is 31.0 Å². The molecule has 1 amide bonds. The Labute approximate surface area is 137 Å². The maximum absolute atomic E-state index is 12.3. The minimum Gasteiger partial charge on any atom is -0.497 e. The van der Waals surface area contributed by atoms with E-state index >= 15 is 0 Å². The lowest BCUT2D eigenvalue weighted by molar-refractivity contribution is -0.137. The highest BCUT2D eigenvalue weighted by atomic mass is 16.5. The number of hydrogen-bond donors (Lipinski definition) is 2. The number of nitrogens with one attached hydrogen (secondary N) is 1. The van der Waals surface area contributed by atoms with Gasteiger partial charge in [0.2, 0.25) is 11.9 Å². The van der Waals surface area contributed by atoms with Gasteiger partial charge < -0.3 is 14.6 Å². The first-order valence-electron chi connectivity index (χ1n) is 7.27. The van der Waals surface area contributed by atoms with Crippen molar-refractivity contribution in [2.75, 3.05) is 19.0 Å². The SMILES string of the molecule is COc1ccc2c(c1)CC(C(=O)Nc1ncn(CC(=O)O)n1)CO2. The standard InChI is InChI=1S/C15H16N4O5/c1-23-11-2-3-12-9(5-11)4-10(7-24-12)14(22)17-15-16-8-19(18-15)6-13(20)21/h2-3,5,8,10H,4,6-7H2,1H3,(H,20,21)(H,17,18,22). The summed E-state index contributed by atoms with van der Waals surface area (Å²) in [4.78, 5) is 26.8. The molecular weight excluding hydrogens is 316 g/mol. The van der Waals surface area contributed by atoms with Gasteiger partial charge in [0.25, 0.3) is 0 Å². The molecule has 3 rings (SSSR count). The summed E-state index contributed by atoms with van der Waals surface area (Å²) in [6, 6.07) is 5.46. The molecule has 0 saturated heterocycles. The molecule has 2 heterocycles. The van der Waals surface area contributed by atoms with Gasteiger partial charge in [0.05, 0.1) is 13.0 Å². The molecule has 1 aliphatic heterocycles. The number of carbonyl (C=O) groups excluding carboxylic acids is 1. The Hall–Kier alpha value is -3.10. The lowest BCUT2D eigenvalue weighted by Gasteiger charge is -2.24. The quantitative estimate of drug-likeness (QED) is 0.822. The van der Waals surface area contributed by atoms with E-state index in [0.29, 0.717) is 12.2 Å². The zero-order valence-electron chi connectivity index (χ0n) is 12.9. The Morgan fingerprint density at radius 1 is 1.50 bits per heavy atom. The van der Waals surface area contributed by atoms with Gasteiger partial charge in [-0.1, -0.05) is 0 Å². The predicted molar refractivity (Wildman–Crippen MR) is 82.0 cm³/mol. The van der Waals surface area contributed by atoms with Gasteiger partial charge in [-0.3, -0.25) is 14.9 Å². The summed E-state index contributed by atoms with van der Waals surface area (Å²) in [6.45, 7) is -0.0659. The first-order chi connectivity index (χ1) is 11.5. The summed E-state index contributed by atoms with van der Waals surface area (Å²) >= 11 is 0. The first kappa shape index (κ1) is 15.8. The predicted octanol–water partition coefficient (Wildman–Crippen LogP) is 0.561. The third-order valence-electron chi connectivity index (χ3n) is 3.61. The number of fused-ring (bicyclic) bond motifs is 1. The van der Waals surface area contributed by atoms with E-state index in [1.807, 2.05) is 12.1 Å². The van der Waals surface area contributed by atoms with Gasteiger partial charge in [0.15, 0.2) is 0 Å². The van der Waals surface area contributed by atoms with Crippen molar-refractivity contribution in [3.63, 3.8) is 0 Å². The van der Waals surface area contributed by atoms with E-state index < -0.39 is 11.9 Å². The fourth-order valence-corrected chi connectivity index (χ4v) is 2.45. The fourth-order valence-electron chi connectivity index (χ4n) is 2.45. The van der Waals surface area contributed by atoms with Crippen LogP contribution < -0.4 is 14.8 Å². The summed E-state index contributed by atoms with van der Waals surface area (Å²) in [5.41, 5.74) is 0.894.